The highest BCUT2D eigenvalue weighted by Crippen LogP contribution is 2.41. The third kappa shape index (κ3) is 10.0. The average Bonchev–Trinajstić information content (AvgIpc) is 3.14. The van der Waals surface area contributed by atoms with Crippen LogP contribution in [-0.2, 0) is 39.8 Å². The van der Waals surface area contributed by atoms with Crippen molar-refractivity contribution >= 4 is 11.8 Å². The monoisotopic (exact) mass is 750 g/mol. The third-order valence-corrected chi connectivity index (χ3v) is 11.9. The number of fused-ring (bicyclic) bond motifs is 3. The van der Waals surface area contributed by atoms with Crippen molar-refractivity contribution in [3.8, 4) is 0 Å². The number of ether oxygens (including phenoxy) is 5. The second-order valence-corrected chi connectivity index (χ2v) is 16.8. The Morgan fingerprint density at radius 2 is 1.64 bits per heavy atom. The Balaban J connectivity index is 1.83. The van der Waals surface area contributed by atoms with Crippen LogP contribution in [0.3, 0.4) is 0 Å². The molecule has 1 aromatic carbocycles. The lowest BCUT2D eigenvalue weighted by molar-refractivity contribution is -0.303. The Bertz CT molecular complexity index is 1350. The molecule has 0 amide bonds. The second kappa shape index (κ2) is 17.8. The highest BCUT2D eigenvalue weighted by Gasteiger charge is 2.54. The van der Waals surface area contributed by atoms with Crippen molar-refractivity contribution in [1.82, 2.24) is 10.2 Å². The van der Waals surface area contributed by atoms with Gasteiger partial charge in [0.05, 0.1) is 49.1 Å². The predicted molar refractivity (Wildman–Crippen MR) is 198 cm³/mol. The number of aliphatic hydroxyl groups is 4. The number of ketones is 1. The van der Waals surface area contributed by atoms with Gasteiger partial charge in [-0.1, -0.05) is 58.0 Å². The number of carbonyl (C=O) groups is 2. The first-order valence-corrected chi connectivity index (χ1v) is 19.3. The van der Waals surface area contributed by atoms with Crippen LogP contribution in [0.4, 0.5) is 0 Å². The van der Waals surface area contributed by atoms with Gasteiger partial charge < -0.3 is 54.3 Å². The smallest absolute Gasteiger partial charge is 0.311 e. The van der Waals surface area contributed by atoms with Crippen LogP contribution >= 0.6 is 0 Å². The number of nitrogens with zero attached hydrogens (tertiary/aromatic N) is 1. The van der Waals surface area contributed by atoms with E-state index in [2.05, 4.69) is 5.32 Å². The van der Waals surface area contributed by atoms with E-state index in [1.807, 2.05) is 63.2 Å². The number of carbonyl (C=O) groups excluding carboxylic acids is 2. The van der Waals surface area contributed by atoms with Crippen LogP contribution in [0, 0.1) is 23.7 Å². The summed E-state index contributed by atoms with van der Waals surface area (Å²) in [6.07, 6.45) is -6.13. The SMILES string of the molecule is CC[C@H]1OC(=O)[C@H](C)[C@H]2OCC(O)(CNCc3ccccc3)CO[C@](C)(C[C@@H](C)C(=O)[C@H](C)[C@@H](O)[C@]1(C)O)[C@H](O[C@H]1O[C@H](C)C[C@H](N(C)C)[C@H]1O)[C@H]2C. The van der Waals surface area contributed by atoms with Gasteiger partial charge in [-0.3, -0.25) is 9.59 Å². The topological polar surface area (TPSA) is 176 Å². The van der Waals surface area contributed by atoms with Crippen LogP contribution in [0.2, 0.25) is 0 Å². The molecule has 0 radical (unpaired) electrons. The van der Waals surface area contributed by atoms with Gasteiger partial charge in [-0.05, 0) is 66.6 Å². The van der Waals surface area contributed by atoms with Crippen LogP contribution in [0.15, 0.2) is 30.3 Å². The van der Waals surface area contributed by atoms with Crippen LogP contribution < -0.4 is 5.32 Å². The zero-order valence-electron chi connectivity index (χ0n) is 33.4. The summed E-state index contributed by atoms with van der Waals surface area (Å²) in [5, 5.41) is 50.1. The fourth-order valence-corrected chi connectivity index (χ4v) is 8.54. The number of rotatable bonds is 8. The maximum Gasteiger partial charge on any atom is 0.311 e. The number of cyclic esters (lactones) is 1. The Morgan fingerprint density at radius 3 is 2.26 bits per heavy atom. The molecule has 3 heterocycles. The zero-order valence-corrected chi connectivity index (χ0v) is 33.4. The number of hydrogen-bond acceptors (Lipinski definition) is 13. The molecule has 3 saturated heterocycles. The minimum Gasteiger partial charge on any atom is -0.459 e. The standard InChI is InChI=1S/C40H66N2O11/c1-11-30-39(8,47)34(45)25(4)31(43)23(2)18-38(7)35(53-37-32(44)29(42(9)10)17-24(3)51-37)26(5)33(27(6)36(46)52-30)49-21-40(48,22-50-38)20-41-19-28-15-13-12-14-16-28/h12-16,23-27,29-30,32-35,37,41,44-45,47-48H,11,17-22H2,1-10H3/t23-,24-,25+,26+,27-,29+,30-,32-,33+,34-,35-,37-,38-,39-,40?/m1/s1. The van der Waals surface area contributed by atoms with Gasteiger partial charge in [0.1, 0.15) is 29.2 Å². The van der Waals surface area contributed by atoms with E-state index in [4.69, 9.17) is 23.7 Å². The van der Waals surface area contributed by atoms with Crippen LogP contribution in [0.25, 0.3) is 0 Å². The number of benzene rings is 1. The number of aliphatic hydroxyl groups excluding tert-OH is 2. The van der Waals surface area contributed by atoms with E-state index >= 15 is 0 Å². The molecule has 4 rings (SSSR count). The molecule has 3 fully saturated rings. The number of likely N-dealkylation sites (N-methyl/N-ethyl adjacent to an activating group) is 1. The molecule has 2 bridgehead atoms. The summed E-state index contributed by atoms with van der Waals surface area (Å²) in [4.78, 5) is 30.1. The summed E-state index contributed by atoms with van der Waals surface area (Å²) < 4.78 is 32.4. The summed E-state index contributed by atoms with van der Waals surface area (Å²) in [5.74, 6) is -4.38. The normalized spacial score (nSPS) is 43.8. The van der Waals surface area contributed by atoms with Crippen molar-refractivity contribution in [3.63, 3.8) is 0 Å². The molecule has 53 heavy (non-hydrogen) atoms. The maximum absolute atomic E-state index is 14.1. The molecular formula is C40H66N2O11. The number of hydrogen-bond donors (Lipinski definition) is 5. The van der Waals surface area contributed by atoms with Crippen LogP contribution in [0.1, 0.15) is 80.2 Å². The van der Waals surface area contributed by atoms with Crippen LogP contribution in [-0.4, -0.2) is 137 Å². The van der Waals surface area contributed by atoms with Gasteiger partial charge in [0.15, 0.2) is 6.29 Å². The fraction of sp³-hybridized carbons (Fsp3) is 0.800. The van der Waals surface area contributed by atoms with E-state index in [9.17, 15) is 30.0 Å². The summed E-state index contributed by atoms with van der Waals surface area (Å²) in [5.41, 5.74) is -3.84. The molecular weight excluding hydrogens is 684 g/mol. The van der Waals surface area contributed by atoms with Crippen molar-refractivity contribution in [2.45, 2.75) is 147 Å². The molecule has 0 spiro atoms. The Labute approximate surface area is 315 Å². The van der Waals surface area contributed by atoms with Crippen molar-refractivity contribution in [2.75, 3.05) is 33.9 Å². The highest BCUT2D eigenvalue weighted by molar-refractivity contribution is 5.83. The highest BCUT2D eigenvalue weighted by atomic mass is 16.7. The number of esters is 1. The van der Waals surface area contributed by atoms with E-state index < -0.39 is 83.3 Å². The van der Waals surface area contributed by atoms with Gasteiger partial charge >= 0.3 is 5.97 Å². The molecule has 0 saturated carbocycles. The van der Waals surface area contributed by atoms with Gasteiger partial charge in [0.2, 0.25) is 0 Å². The maximum atomic E-state index is 14.1. The molecule has 0 aromatic heterocycles. The van der Waals surface area contributed by atoms with Gasteiger partial charge in [0.25, 0.3) is 0 Å². The van der Waals surface area contributed by atoms with E-state index in [0.29, 0.717) is 13.0 Å². The molecule has 13 heteroatoms. The molecule has 302 valence electrons. The van der Waals surface area contributed by atoms with Crippen LogP contribution in [0.5, 0.6) is 0 Å². The van der Waals surface area contributed by atoms with E-state index in [1.165, 1.54) is 6.92 Å². The third-order valence-electron chi connectivity index (χ3n) is 11.9. The lowest BCUT2D eigenvalue weighted by Crippen LogP contribution is -2.60. The van der Waals surface area contributed by atoms with Crippen molar-refractivity contribution in [3.05, 3.63) is 35.9 Å². The second-order valence-electron chi connectivity index (χ2n) is 16.8. The molecule has 1 unspecified atom stereocenters. The Kier molecular flexibility index (Phi) is 14.7. The van der Waals surface area contributed by atoms with Gasteiger partial charge in [0, 0.05) is 36.9 Å². The van der Waals surface area contributed by atoms with Gasteiger partial charge in [-0.25, -0.2) is 0 Å². The van der Waals surface area contributed by atoms with Crippen molar-refractivity contribution < 1.29 is 53.7 Å². The number of nitrogens with one attached hydrogen (secondary N) is 1. The average molecular weight is 751 g/mol. The van der Waals surface area contributed by atoms with E-state index in [1.54, 1.807) is 34.6 Å². The van der Waals surface area contributed by atoms with E-state index in [0.717, 1.165) is 5.56 Å². The first-order chi connectivity index (χ1) is 24.7. The quantitative estimate of drug-likeness (QED) is 0.245. The largest absolute Gasteiger partial charge is 0.459 e. The Morgan fingerprint density at radius 1 is 0.981 bits per heavy atom. The van der Waals surface area contributed by atoms with E-state index in [-0.39, 0.29) is 50.5 Å². The lowest BCUT2D eigenvalue weighted by Gasteiger charge is -2.48. The van der Waals surface area contributed by atoms with Crippen molar-refractivity contribution in [2.24, 2.45) is 23.7 Å². The Hall–Kier alpha value is -2.04. The molecule has 1 aromatic rings. The summed E-state index contributed by atoms with van der Waals surface area (Å²) in [7, 11) is 3.77. The van der Waals surface area contributed by atoms with Gasteiger partial charge in [-0.2, -0.15) is 0 Å². The summed E-state index contributed by atoms with van der Waals surface area (Å²) >= 11 is 0. The zero-order chi connectivity index (χ0) is 39.5. The lowest BCUT2D eigenvalue weighted by atomic mass is 9.74. The van der Waals surface area contributed by atoms with Gasteiger partial charge in [-0.15, -0.1) is 0 Å². The first kappa shape index (κ1) is 43.7. The number of Topliss-reactive ketones (excluding diaryl/α,β-unsaturated/α-hetero) is 1. The fourth-order valence-electron chi connectivity index (χ4n) is 8.54. The van der Waals surface area contributed by atoms with Crippen molar-refractivity contribution in [1.29, 1.82) is 0 Å². The molecule has 3 aliphatic heterocycles. The molecule has 15 atom stereocenters. The predicted octanol–water partition coefficient (Wildman–Crippen LogP) is 2.44. The molecule has 3 aliphatic rings. The summed E-state index contributed by atoms with van der Waals surface area (Å²) in [6, 6.07) is 9.48. The minimum absolute atomic E-state index is 0.0752. The molecule has 5 N–H and O–H groups in total. The molecule has 0 aliphatic carbocycles. The first-order valence-electron chi connectivity index (χ1n) is 19.3. The molecule has 13 nitrogen and oxygen atoms in total. The minimum atomic E-state index is -1.94. The summed E-state index contributed by atoms with van der Waals surface area (Å²) in [6.45, 7) is 13.8.